The maximum atomic E-state index is 12.6. The molecule has 0 bridgehead atoms. The lowest BCUT2D eigenvalue weighted by atomic mass is 10.1. The van der Waals surface area contributed by atoms with Gasteiger partial charge in [0.2, 0.25) is 5.91 Å². The molecule has 2 amide bonds. The highest BCUT2D eigenvalue weighted by Crippen LogP contribution is 2.23. The highest BCUT2D eigenvalue weighted by atomic mass is 32.1. The van der Waals surface area contributed by atoms with Gasteiger partial charge in [0.1, 0.15) is 0 Å². The molecule has 22 heavy (non-hydrogen) atoms. The lowest BCUT2D eigenvalue weighted by Crippen LogP contribution is -2.32. The van der Waals surface area contributed by atoms with Crippen molar-refractivity contribution in [3.05, 3.63) is 40.2 Å². The number of aromatic nitrogens is 1. The number of thiophene rings is 1. The Morgan fingerprint density at radius 3 is 2.77 bits per heavy atom. The Labute approximate surface area is 132 Å². The predicted octanol–water partition coefficient (Wildman–Crippen LogP) is 2.07. The van der Waals surface area contributed by atoms with Gasteiger partial charge in [-0.05, 0) is 36.9 Å². The standard InChI is InChI=1S/C16H17N3O2S/c1-10-13(2-3-14(18-10)12-5-7-22-9-12)16(21)19-6-4-11(8-19)15(17)20/h2-3,5,7,9,11H,4,6,8H2,1H3,(H2,17,20)/t11-/m1/s1. The normalized spacial score (nSPS) is 17.7. The number of aryl methyl sites for hydroxylation is 1. The predicted molar refractivity (Wildman–Crippen MR) is 85.5 cm³/mol. The van der Waals surface area contributed by atoms with E-state index in [2.05, 4.69) is 4.98 Å². The van der Waals surface area contributed by atoms with Crippen LogP contribution in [-0.2, 0) is 4.79 Å². The summed E-state index contributed by atoms with van der Waals surface area (Å²) in [5, 5.41) is 4.03. The molecular weight excluding hydrogens is 298 g/mol. The zero-order valence-electron chi connectivity index (χ0n) is 12.3. The van der Waals surface area contributed by atoms with Gasteiger partial charge >= 0.3 is 0 Å². The number of likely N-dealkylation sites (tertiary alicyclic amines) is 1. The van der Waals surface area contributed by atoms with Crippen LogP contribution in [0.4, 0.5) is 0 Å². The molecule has 3 rings (SSSR count). The molecule has 0 unspecified atom stereocenters. The maximum absolute atomic E-state index is 12.6. The molecule has 1 saturated heterocycles. The number of pyridine rings is 1. The Balaban J connectivity index is 1.80. The second-order valence-corrected chi connectivity index (χ2v) is 6.26. The molecular formula is C16H17N3O2S. The van der Waals surface area contributed by atoms with Gasteiger partial charge in [-0.2, -0.15) is 11.3 Å². The van der Waals surface area contributed by atoms with E-state index < -0.39 is 0 Å². The molecule has 2 aromatic heterocycles. The quantitative estimate of drug-likeness (QED) is 0.942. The molecule has 1 atom stereocenters. The van der Waals surface area contributed by atoms with Crippen LogP contribution in [0.15, 0.2) is 29.0 Å². The summed E-state index contributed by atoms with van der Waals surface area (Å²) in [6, 6.07) is 5.69. The Morgan fingerprint density at radius 1 is 1.36 bits per heavy atom. The van der Waals surface area contributed by atoms with Crippen molar-refractivity contribution in [1.82, 2.24) is 9.88 Å². The molecule has 2 N–H and O–H groups in total. The Morgan fingerprint density at radius 2 is 2.18 bits per heavy atom. The number of nitrogens with zero attached hydrogens (tertiary/aromatic N) is 2. The number of carbonyl (C=O) groups excluding carboxylic acids is 2. The first-order valence-electron chi connectivity index (χ1n) is 7.15. The van der Waals surface area contributed by atoms with Crippen molar-refractivity contribution in [2.24, 2.45) is 11.7 Å². The number of primary amides is 1. The van der Waals surface area contributed by atoms with Crippen LogP contribution in [0.25, 0.3) is 11.3 Å². The zero-order chi connectivity index (χ0) is 15.7. The minimum absolute atomic E-state index is 0.0781. The van der Waals surface area contributed by atoms with Gasteiger partial charge in [0.05, 0.1) is 22.9 Å². The molecule has 0 aliphatic carbocycles. The van der Waals surface area contributed by atoms with Gasteiger partial charge in [-0.25, -0.2) is 0 Å². The smallest absolute Gasteiger partial charge is 0.255 e. The molecule has 5 nitrogen and oxygen atoms in total. The number of carbonyl (C=O) groups is 2. The second kappa shape index (κ2) is 5.88. The molecule has 2 aromatic rings. The van der Waals surface area contributed by atoms with E-state index in [0.717, 1.165) is 11.3 Å². The number of nitrogens with two attached hydrogens (primary N) is 1. The van der Waals surface area contributed by atoms with Crippen LogP contribution in [0.5, 0.6) is 0 Å². The molecule has 3 heterocycles. The van der Waals surface area contributed by atoms with Crippen LogP contribution in [-0.4, -0.2) is 34.8 Å². The molecule has 1 fully saturated rings. The average Bonchev–Trinajstić information content (AvgIpc) is 3.18. The van der Waals surface area contributed by atoms with Crippen molar-refractivity contribution in [1.29, 1.82) is 0 Å². The van der Waals surface area contributed by atoms with Gasteiger partial charge in [0, 0.05) is 24.0 Å². The van der Waals surface area contributed by atoms with E-state index >= 15 is 0 Å². The van der Waals surface area contributed by atoms with E-state index in [-0.39, 0.29) is 17.7 Å². The fourth-order valence-electron chi connectivity index (χ4n) is 2.71. The fourth-order valence-corrected chi connectivity index (χ4v) is 3.36. The molecule has 0 spiro atoms. The van der Waals surface area contributed by atoms with Gasteiger partial charge < -0.3 is 10.6 Å². The minimum atomic E-state index is -0.335. The van der Waals surface area contributed by atoms with E-state index in [1.54, 1.807) is 16.2 Å². The molecule has 1 aliphatic rings. The van der Waals surface area contributed by atoms with Crippen LogP contribution in [0.2, 0.25) is 0 Å². The third-order valence-electron chi connectivity index (χ3n) is 4.01. The summed E-state index contributed by atoms with van der Waals surface area (Å²) in [6.45, 7) is 2.81. The van der Waals surface area contributed by atoms with Crippen molar-refractivity contribution in [2.45, 2.75) is 13.3 Å². The van der Waals surface area contributed by atoms with Crippen molar-refractivity contribution in [3.8, 4) is 11.3 Å². The van der Waals surface area contributed by atoms with Gasteiger partial charge in [0.15, 0.2) is 0 Å². The molecule has 0 aromatic carbocycles. The third-order valence-corrected chi connectivity index (χ3v) is 4.69. The van der Waals surface area contributed by atoms with Gasteiger partial charge in [-0.15, -0.1) is 0 Å². The first-order valence-corrected chi connectivity index (χ1v) is 8.09. The number of amides is 2. The molecule has 1 aliphatic heterocycles. The number of hydrogen-bond acceptors (Lipinski definition) is 4. The van der Waals surface area contributed by atoms with E-state index in [4.69, 9.17) is 5.73 Å². The van der Waals surface area contributed by atoms with Crippen molar-refractivity contribution < 1.29 is 9.59 Å². The van der Waals surface area contributed by atoms with Gasteiger partial charge in [-0.1, -0.05) is 0 Å². The van der Waals surface area contributed by atoms with Crippen molar-refractivity contribution in [3.63, 3.8) is 0 Å². The van der Waals surface area contributed by atoms with Crippen LogP contribution < -0.4 is 5.73 Å². The van der Waals surface area contributed by atoms with E-state index in [9.17, 15) is 9.59 Å². The summed E-state index contributed by atoms with van der Waals surface area (Å²) in [4.78, 5) is 30.0. The highest BCUT2D eigenvalue weighted by molar-refractivity contribution is 7.08. The lowest BCUT2D eigenvalue weighted by molar-refractivity contribution is -0.121. The fraction of sp³-hybridized carbons (Fsp3) is 0.312. The maximum Gasteiger partial charge on any atom is 0.255 e. The Bertz CT molecular complexity index is 712. The van der Waals surface area contributed by atoms with Gasteiger partial charge in [-0.3, -0.25) is 14.6 Å². The monoisotopic (exact) mass is 315 g/mol. The summed E-state index contributed by atoms with van der Waals surface area (Å²) >= 11 is 1.62. The van der Waals surface area contributed by atoms with Crippen LogP contribution in [0.1, 0.15) is 22.5 Å². The van der Waals surface area contributed by atoms with Gasteiger partial charge in [0.25, 0.3) is 5.91 Å². The third kappa shape index (κ3) is 2.74. The summed E-state index contributed by atoms with van der Waals surface area (Å²) in [5.41, 5.74) is 8.53. The summed E-state index contributed by atoms with van der Waals surface area (Å²) in [5.74, 6) is -0.647. The van der Waals surface area contributed by atoms with Crippen LogP contribution in [0, 0.1) is 12.8 Å². The first kappa shape index (κ1) is 14.7. The van der Waals surface area contributed by atoms with E-state index in [0.29, 0.717) is 30.8 Å². The first-order chi connectivity index (χ1) is 10.6. The SMILES string of the molecule is Cc1nc(-c2ccsc2)ccc1C(=O)N1CC[C@@H](C(N)=O)C1. The molecule has 114 valence electrons. The van der Waals surface area contributed by atoms with Crippen LogP contribution in [0.3, 0.4) is 0 Å². The average molecular weight is 315 g/mol. The minimum Gasteiger partial charge on any atom is -0.369 e. The lowest BCUT2D eigenvalue weighted by Gasteiger charge is -2.17. The van der Waals surface area contributed by atoms with E-state index in [1.807, 2.05) is 35.9 Å². The summed E-state index contributed by atoms with van der Waals surface area (Å²) in [6.07, 6.45) is 0.639. The van der Waals surface area contributed by atoms with E-state index in [1.165, 1.54) is 0 Å². The molecule has 0 radical (unpaired) electrons. The zero-order valence-corrected chi connectivity index (χ0v) is 13.1. The number of rotatable bonds is 3. The Kier molecular flexibility index (Phi) is 3.94. The molecule has 6 heteroatoms. The molecule has 0 saturated carbocycles. The largest absolute Gasteiger partial charge is 0.369 e. The number of hydrogen-bond donors (Lipinski definition) is 1. The highest BCUT2D eigenvalue weighted by Gasteiger charge is 2.30. The van der Waals surface area contributed by atoms with Crippen molar-refractivity contribution in [2.75, 3.05) is 13.1 Å². The summed E-state index contributed by atoms with van der Waals surface area (Å²) in [7, 11) is 0. The topological polar surface area (TPSA) is 76.3 Å². The second-order valence-electron chi connectivity index (χ2n) is 5.48. The Hall–Kier alpha value is -2.21. The van der Waals surface area contributed by atoms with Crippen LogP contribution >= 0.6 is 11.3 Å². The summed E-state index contributed by atoms with van der Waals surface area (Å²) < 4.78 is 0. The van der Waals surface area contributed by atoms with Crippen molar-refractivity contribution >= 4 is 23.2 Å².